The summed E-state index contributed by atoms with van der Waals surface area (Å²) in [6.07, 6.45) is 0.657. The van der Waals surface area contributed by atoms with Gasteiger partial charge in [-0.15, -0.1) is 0 Å². The topological polar surface area (TPSA) is 83.1 Å². The molecule has 2 rings (SSSR count). The lowest BCUT2D eigenvalue weighted by Crippen LogP contribution is -2.30. The molecule has 0 aliphatic rings. The van der Waals surface area contributed by atoms with E-state index in [4.69, 9.17) is 18.9 Å². The predicted octanol–water partition coefficient (Wildman–Crippen LogP) is 2.23. The minimum Gasteiger partial charge on any atom is -0.497 e. The molecule has 0 spiro atoms. The number of carbonyl (C=O) groups excluding carboxylic acids is 2. The average Bonchev–Trinajstić information content (AvgIpc) is 2.71. The van der Waals surface area contributed by atoms with Crippen LogP contribution < -0.4 is 19.5 Å². The normalized spacial score (nSPS) is 10.0. The second-order valence-electron chi connectivity index (χ2n) is 5.56. The molecule has 0 heterocycles. The van der Waals surface area contributed by atoms with Crippen molar-refractivity contribution in [2.24, 2.45) is 0 Å². The van der Waals surface area contributed by atoms with E-state index in [1.807, 2.05) is 24.3 Å². The maximum Gasteiger partial charge on any atom is 0.346 e. The third-order valence-corrected chi connectivity index (χ3v) is 3.86. The summed E-state index contributed by atoms with van der Waals surface area (Å²) in [5.74, 6) is 0.348. The Morgan fingerprint density at radius 2 is 1.52 bits per heavy atom. The number of carbonyl (C=O) groups is 2. The van der Waals surface area contributed by atoms with Crippen LogP contribution >= 0.6 is 0 Å². The molecule has 0 saturated carbocycles. The van der Waals surface area contributed by atoms with Gasteiger partial charge in [0.15, 0.2) is 6.61 Å². The van der Waals surface area contributed by atoms with Crippen LogP contribution in [0, 0.1) is 0 Å². The van der Waals surface area contributed by atoms with Gasteiger partial charge in [-0.2, -0.15) is 0 Å². The Morgan fingerprint density at radius 3 is 2.07 bits per heavy atom. The molecule has 2 aromatic rings. The zero-order valence-corrected chi connectivity index (χ0v) is 15.6. The highest BCUT2D eigenvalue weighted by atomic mass is 16.5. The predicted molar refractivity (Wildman–Crippen MR) is 99.5 cm³/mol. The number of nitrogens with one attached hydrogen (secondary N) is 1. The summed E-state index contributed by atoms with van der Waals surface area (Å²) in [7, 11) is 4.49. The lowest BCUT2D eigenvalue weighted by atomic mass is 10.1. The summed E-state index contributed by atoms with van der Waals surface area (Å²) < 4.78 is 20.5. The van der Waals surface area contributed by atoms with Crippen molar-refractivity contribution in [3.8, 4) is 17.2 Å². The first-order valence-electron chi connectivity index (χ1n) is 8.36. The molecule has 0 unspecified atom stereocenters. The van der Waals surface area contributed by atoms with E-state index in [1.165, 1.54) is 14.2 Å². The highest BCUT2D eigenvalue weighted by Crippen LogP contribution is 2.28. The molecule has 1 amide bonds. The van der Waals surface area contributed by atoms with Gasteiger partial charge in [0.05, 0.1) is 21.3 Å². The molecular weight excluding hydrogens is 350 g/mol. The SMILES string of the molecule is COc1ccc(CCNC(=O)COC(=O)c2c(OC)cccc2OC)cc1. The fraction of sp³-hybridized carbons (Fsp3) is 0.300. The number of esters is 1. The van der Waals surface area contributed by atoms with Crippen molar-refractivity contribution < 1.29 is 28.5 Å². The standard InChI is InChI=1S/C20H23NO6/c1-24-15-9-7-14(8-10-15)11-12-21-18(22)13-27-20(23)19-16(25-2)5-4-6-17(19)26-3/h4-10H,11-13H2,1-3H3,(H,21,22). The largest absolute Gasteiger partial charge is 0.497 e. The van der Waals surface area contributed by atoms with Gasteiger partial charge < -0.3 is 24.3 Å². The molecule has 0 aromatic heterocycles. The highest BCUT2D eigenvalue weighted by molar-refractivity contribution is 5.96. The number of ether oxygens (including phenoxy) is 4. The van der Waals surface area contributed by atoms with Gasteiger partial charge in [-0.25, -0.2) is 4.79 Å². The zero-order valence-electron chi connectivity index (χ0n) is 15.6. The van der Waals surface area contributed by atoms with Crippen LogP contribution in [0.2, 0.25) is 0 Å². The van der Waals surface area contributed by atoms with Gasteiger partial charge in [-0.3, -0.25) is 4.79 Å². The molecule has 0 aliphatic carbocycles. The Balaban J connectivity index is 1.82. The Kier molecular flexibility index (Phi) is 7.49. The first kappa shape index (κ1) is 20.1. The second kappa shape index (κ2) is 10.1. The summed E-state index contributed by atoms with van der Waals surface area (Å²) >= 11 is 0. The fourth-order valence-corrected chi connectivity index (χ4v) is 2.45. The van der Waals surface area contributed by atoms with Gasteiger partial charge in [0, 0.05) is 6.54 Å². The van der Waals surface area contributed by atoms with E-state index in [0.29, 0.717) is 24.5 Å². The van der Waals surface area contributed by atoms with Crippen LogP contribution in [0.4, 0.5) is 0 Å². The average molecular weight is 373 g/mol. The fourth-order valence-electron chi connectivity index (χ4n) is 2.45. The van der Waals surface area contributed by atoms with E-state index in [1.54, 1.807) is 25.3 Å². The third kappa shape index (κ3) is 5.64. The molecule has 7 nitrogen and oxygen atoms in total. The molecule has 1 N–H and O–H groups in total. The van der Waals surface area contributed by atoms with E-state index >= 15 is 0 Å². The van der Waals surface area contributed by atoms with Crippen molar-refractivity contribution in [2.45, 2.75) is 6.42 Å². The van der Waals surface area contributed by atoms with Gasteiger partial charge >= 0.3 is 5.97 Å². The first-order chi connectivity index (χ1) is 13.1. The summed E-state index contributed by atoms with van der Waals surface area (Å²) in [4.78, 5) is 24.2. The Hall–Kier alpha value is -3.22. The number of hydrogen-bond acceptors (Lipinski definition) is 6. The van der Waals surface area contributed by atoms with Crippen LogP contribution in [0.5, 0.6) is 17.2 Å². The Bertz CT molecular complexity index is 750. The quantitative estimate of drug-likeness (QED) is 0.679. The summed E-state index contributed by atoms with van der Waals surface area (Å²) in [5.41, 5.74) is 1.21. The minimum absolute atomic E-state index is 0.147. The van der Waals surface area contributed by atoms with Crippen LogP contribution in [-0.4, -0.2) is 46.4 Å². The van der Waals surface area contributed by atoms with E-state index in [-0.39, 0.29) is 18.1 Å². The lowest BCUT2D eigenvalue weighted by Gasteiger charge is -2.12. The maximum atomic E-state index is 12.3. The van der Waals surface area contributed by atoms with E-state index in [2.05, 4.69) is 5.32 Å². The zero-order chi connectivity index (χ0) is 19.6. The number of amides is 1. The smallest absolute Gasteiger partial charge is 0.346 e. The second-order valence-corrected chi connectivity index (χ2v) is 5.56. The molecule has 0 radical (unpaired) electrons. The minimum atomic E-state index is -0.686. The van der Waals surface area contributed by atoms with Gasteiger partial charge in [0.2, 0.25) is 0 Å². The van der Waals surface area contributed by atoms with E-state index in [9.17, 15) is 9.59 Å². The van der Waals surface area contributed by atoms with Crippen LogP contribution in [0.15, 0.2) is 42.5 Å². The van der Waals surface area contributed by atoms with Gasteiger partial charge in [0.25, 0.3) is 5.91 Å². The Labute approximate surface area is 158 Å². The van der Waals surface area contributed by atoms with Crippen molar-refractivity contribution in [3.05, 3.63) is 53.6 Å². The van der Waals surface area contributed by atoms with Gasteiger partial charge in [0.1, 0.15) is 22.8 Å². The monoisotopic (exact) mass is 373 g/mol. The first-order valence-corrected chi connectivity index (χ1v) is 8.36. The molecule has 0 saturated heterocycles. The molecule has 2 aromatic carbocycles. The highest BCUT2D eigenvalue weighted by Gasteiger charge is 2.20. The number of benzene rings is 2. The summed E-state index contributed by atoms with van der Waals surface area (Å²) in [5, 5.41) is 2.71. The number of methoxy groups -OCH3 is 3. The maximum absolute atomic E-state index is 12.3. The van der Waals surface area contributed by atoms with Crippen LogP contribution in [0.1, 0.15) is 15.9 Å². The third-order valence-electron chi connectivity index (χ3n) is 3.86. The van der Waals surface area contributed by atoms with Gasteiger partial charge in [-0.05, 0) is 36.2 Å². The molecule has 0 fully saturated rings. The Morgan fingerprint density at radius 1 is 0.889 bits per heavy atom. The van der Waals surface area contributed by atoms with Crippen molar-refractivity contribution in [1.82, 2.24) is 5.32 Å². The number of rotatable bonds is 9. The molecule has 0 bridgehead atoms. The lowest BCUT2D eigenvalue weighted by molar-refractivity contribution is -0.124. The van der Waals surface area contributed by atoms with E-state index < -0.39 is 5.97 Å². The van der Waals surface area contributed by atoms with E-state index in [0.717, 1.165) is 11.3 Å². The molecule has 144 valence electrons. The van der Waals surface area contributed by atoms with Crippen molar-refractivity contribution in [2.75, 3.05) is 34.5 Å². The van der Waals surface area contributed by atoms with Crippen LogP contribution in [0.3, 0.4) is 0 Å². The van der Waals surface area contributed by atoms with Gasteiger partial charge in [-0.1, -0.05) is 18.2 Å². The van der Waals surface area contributed by atoms with Crippen LogP contribution in [-0.2, 0) is 16.0 Å². The molecule has 27 heavy (non-hydrogen) atoms. The molecule has 0 aliphatic heterocycles. The molecular formula is C20H23NO6. The molecule has 0 atom stereocenters. The molecule has 7 heteroatoms. The van der Waals surface area contributed by atoms with Crippen molar-refractivity contribution in [3.63, 3.8) is 0 Å². The summed E-state index contributed by atoms with van der Waals surface area (Å²) in [6, 6.07) is 12.5. The van der Waals surface area contributed by atoms with Crippen molar-refractivity contribution >= 4 is 11.9 Å². The van der Waals surface area contributed by atoms with Crippen molar-refractivity contribution in [1.29, 1.82) is 0 Å². The van der Waals surface area contributed by atoms with Crippen LogP contribution in [0.25, 0.3) is 0 Å². The summed E-state index contributed by atoms with van der Waals surface area (Å²) in [6.45, 7) is 0.0450. The number of hydrogen-bond donors (Lipinski definition) is 1.